The van der Waals surface area contributed by atoms with Gasteiger partial charge in [0, 0.05) is 7.11 Å². The quantitative estimate of drug-likeness (QED) is 0.725. The van der Waals surface area contributed by atoms with Crippen molar-refractivity contribution in [3.8, 4) is 0 Å². The van der Waals surface area contributed by atoms with Gasteiger partial charge in [-0.15, -0.1) is 0 Å². The molecule has 1 aliphatic heterocycles. The third-order valence-corrected chi connectivity index (χ3v) is 20.0. The normalized spacial score (nSPS) is 37.2. The summed E-state index contributed by atoms with van der Waals surface area (Å²) in [6, 6.07) is 0.963. The highest BCUT2D eigenvalue weighted by atomic mass is 28.5. The molecule has 0 N–H and O–H groups in total. The first-order chi connectivity index (χ1) is 8.95. The highest BCUT2D eigenvalue weighted by Crippen LogP contribution is 2.32. The Labute approximate surface area is 127 Å². The molecule has 0 aromatic carbocycles. The molecule has 2 atom stereocenters. The average Bonchev–Trinajstić information content (AvgIpc) is 2.09. The monoisotopic (exact) mass is 354 g/mol. The average molecular weight is 355 g/mol. The van der Waals surface area contributed by atoms with Crippen LogP contribution in [0.2, 0.25) is 45.3 Å². The largest absolute Gasteiger partial charge is 0.416 e. The van der Waals surface area contributed by atoms with Crippen LogP contribution in [0.25, 0.3) is 0 Å². The second kappa shape index (κ2) is 6.42. The molecule has 120 valence electrons. The van der Waals surface area contributed by atoms with Crippen molar-refractivity contribution in [1.29, 1.82) is 0 Å². The van der Waals surface area contributed by atoms with E-state index in [9.17, 15) is 0 Å². The minimum Gasteiger partial charge on any atom is -0.416 e. The molecule has 5 nitrogen and oxygen atoms in total. The molecule has 0 aromatic rings. The van der Waals surface area contributed by atoms with Crippen LogP contribution in [0.4, 0.5) is 0 Å². The summed E-state index contributed by atoms with van der Waals surface area (Å²) in [6.45, 7) is 14.7. The predicted octanol–water partition coefficient (Wildman–Crippen LogP) is 3.21. The number of hydrogen-bond donors (Lipinski definition) is 0. The van der Waals surface area contributed by atoms with E-state index in [1.165, 1.54) is 0 Å². The third kappa shape index (κ3) is 5.46. The second-order valence-electron chi connectivity index (χ2n) is 6.66. The van der Waals surface area contributed by atoms with Gasteiger partial charge in [0.25, 0.3) is 0 Å². The zero-order valence-electron chi connectivity index (χ0n) is 14.2. The molecule has 1 saturated heterocycles. The molecule has 0 aromatic heterocycles. The molecule has 1 heterocycles. The summed E-state index contributed by atoms with van der Waals surface area (Å²) in [5.41, 5.74) is 0. The van der Waals surface area contributed by atoms with Gasteiger partial charge in [0.15, 0.2) is 0 Å². The molecule has 1 fully saturated rings. The second-order valence-corrected chi connectivity index (χ2v) is 20.8. The van der Waals surface area contributed by atoms with Crippen molar-refractivity contribution < 1.29 is 21.2 Å². The van der Waals surface area contributed by atoms with Crippen LogP contribution in [0.15, 0.2) is 0 Å². The van der Waals surface area contributed by atoms with Crippen LogP contribution < -0.4 is 0 Å². The van der Waals surface area contributed by atoms with E-state index in [2.05, 4.69) is 46.2 Å². The molecule has 20 heavy (non-hydrogen) atoms. The summed E-state index contributed by atoms with van der Waals surface area (Å²) in [6.07, 6.45) is 1.57. The molecule has 1 rings (SSSR count). The highest BCUT2D eigenvalue weighted by Gasteiger charge is 2.53. The van der Waals surface area contributed by atoms with Crippen molar-refractivity contribution in [1.82, 2.24) is 0 Å². The van der Waals surface area contributed by atoms with Gasteiger partial charge >= 0.3 is 34.2 Å². The Morgan fingerprint density at radius 1 is 0.750 bits per heavy atom. The van der Waals surface area contributed by atoms with Gasteiger partial charge in [0.2, 0.25) is 0 Å². The highest BCUT2D eigenvalue weighted by molar-refractivity contribution is 6.93. The zero-order valence-corrected chi connectivity index (χ0v) is 18.2. The molecule has 0 amide bonds. The van der Waals surface area contributed by atoms with Crippen LogP contribution in [-0.2, 0) is 21.2 Å². The van der Waals surface area contributed by atoms with Crippen LogP contribution >= 0.6 is 0 Å². The number of rotatable bonds is 4. The Balaban J connectivity index is 3.08. The third-order valence-electron chi connectivity index (χ3n) is 2.96. The molecule has 0 saturated carbocycles. The maximum atomic E-state index is 6.52. The van der Waals surface area contributed by atoms with Crippen LogP contribution in [0.5, 0.6) is 0 Å². The van der Waals surface area contributed by atoms with E-state index in [1.807, 2.05) is 0 Å². The minimum atomic E-state index is -2.42. The Kier molecular flexibility index (Phi) is 6.01. The van der Waals surface area contributed by atoms with Crippen molar-refractivity contribution in [3.63, 3.8) is 0 Å². The summed E-state index contributed by atoms with van der Waals surface area (Å²) in [5.74, 6) is 0. The first-order valence-electron chi connectivity index (χ1n) is 7.24. The standard InChI is InChI=1S/C11H30O5Si4/c1-9-10-19(7)14-17(3,4)13-18(5,6)15-20(8,16-19)11-12-2/h9-11H2,1-8H3. The predicted molar refractivity (Wildman–Crippen MR) is 89.5 cm³/mol. The van der Waals surface area contributed by atoms with Crippen LogP contribution in [0, 0.1) is 0 Å². The minimum absolute atomic E-state index is 0.518. The van der Waals surface area contributed by atoms with E-state index >= 15 is 0 Å². The van der Waals surface area contributed by atoms with E-state index in [-0.39, 0.29) is 0 Å². The summed E-state index contributed by atoms with van der Waals surface area (Å²) in [4.78, 5) is 0. The smallest absolute Gasteiger partial charge is 0.344 e. The SMILES string of the molecule is CCC[Si]1(C)O[Si](C)(C)O[Si](C)(C)O[Si](C)(COC)O1. The maximum absolute atomic E-state index is 6.52. The van der Waals surface area contributed by atoms with Gasteiger partial charge in [-0.3, -0.25) is 0 Å². The topological polar surface area (TPSA) is 46.2 Å². The number of methoxy groups -OCH3 is 1. The lowest BCUT2D eigenvalue weighted by Gasteiger charge is -2.48. The first kappa shape index (κ1) is 18.7. The van der Waals surface area contributed by atoms with Gasteiger partial charge in [-0.05, 0) is 45.3 Å². The summed E-state index contributed by atoms with van der Waals surface area (Å²) < 4.78 is 31.0. The molecule has 0 bridgehead atoms. The van der Waals surface area contributed by atoms with Crippen LogP contribution in [0.3, 0.4) is 0 Å². The van der Waals surface area contributed by atoms with Gasteiger partial charge in [-0.2, -0.15) is 0 Å². The van der Waals surface area contributed by atoms with Gasteiger partial charge in [-0.1, -0.05) is 13.3 Å². The Bertz CT molecular complexity index is 311. The molecule has 9 heteroatoms. The Hall–Kier alpha value is 0.668. The molecule has 1 aliphatic rings. The van der Waals surface area contributed by atoms with Crippen molar-refractivity contribution in [3.05, 3.63) is 0 Å². The van der Waals surface area contributed by atoms with Crippen molar-refractivity contribution >= 4 is 34.2 Å². The summed E-state index contributed by atoms with van der Waals surface area (Å²) in [5, 5.41) is 0. The number of ether oxygens (including phenoxy) is 1. The summed E-state index contributed by atoms with van der Waals surface area (Å²) >= 11 is 0. The van der Waals surface area contributed by atoms with Gasteiger partial charge in [0.1, 0.15) is 0 Å². The lowest BCUT2D eigenvalue weighted by molar-refractivity contribution is 0.175. The molecule has 2 unspecified atom stereocenters. The fourth-order valence-electron chi connectivity index (χ4n) is 3.05. The van der Waals surface area contributed by atoms with Crippen molar-refractivity contribution in [2.75, 3.05) is 13.3 Å². The van der Waals surface area contributed by atoms with Crippen molar-refractivity contribution in [2.24, 2.45) is 0 Å². The van der Waals surface area contributed by atoms with Gasteiger partial charge < -0.3 is 21.2 Å². The molecular weight excluding hydrogens is 324 g/mol. The van der Waals surface area contributed by atoms with E-state index in [1.54, 1.807) is 7.11 Å². The maximum Gasteiger partial charge on any atom is 0.344 e. The molecular formula is C11H30O5Si4. The van der Waals surface area contributed by atoms with E-state index in [0.29, 0.717) is 6.23 Å². The van der Waals surface area contributed by atoms with Crippen LogP contribution in [0.1, 0.15) is 13.3 Å². The summed E-state index contributed by atoms with van der Waals surface area (Å²) in [7, 11) is -7.46. The molecule has 0 aliphatic carbocycles. The molecule has 0 radical (unpaired) electrons. The zero-order chi connectivity index (χ0) is 15.7. The first-order valence-corrected chi connectivity index (χ1v) is 17.9. The Morgan fingerprint density at radius 2 is 1.25 bits per heavy atom. The number of hydrogen-bond acceptors (Lipinski definition) is 5. The van der Waals surface area contributed by atoms with Crippen LogP contribution in [-0.4, -0.2) is 47.6 Å². The molecule has 0 spiro atoms. The van der Waals surface area contributed by atoms with Crippen molar-refractivity contribution in [2.45, 2.75) is 58.7 Å². The Morgan fingerprint density at radius 3 is 1.70 bits per heavy atom. The van der Waals surface area contributed by atoms with Gasteiger partial charge in [0.05, 0.1) is 6.23 Å². The lowest BCUT2D eigenvalue weighted by atomic mass is 10.6. The van der Waals surface area contributed by atoms with E-state index in [0.717, 1.165) is 12.5 Å². The van der Waals surface area contributed by atoms with E-state index in [4.69, 9.17) is 21.2 Å². The fraction of sp³-hybridized carbons (Fsp3) is 1.00. The van der Waals surface area contributed by atoms with E-state index < -0.39 is 34.2 Å². The van der Waals surface area contributed by atoms with Gasteiger partial charge in [-0.25, -0.2) is 0 Å². The lowest BCUT2D eigenvalue weighted by Crippen LogP contribution is -2.67. The fourth-order valence-corrected chi connectivity index (χ4v) is 24.6.